The number of hydrogen-bond acceptors (Lipinski definition) is 4. The van der Waals surface area contributed by atoms with Crippen molar-refractivity contribution in [2.75, 3.05) is 6.54 Å². The zero-order valence-corrected chi connectivity index (χ0v) is 15.0. The Bertz CT molecular complexity index is 365. The van der Waals surface area contributed by atoms with E-state index in [1.54, 1.807) is 11.3 Å². The molecule has 1 atom stereocenters. The molecule has 1 heterocycles. The molecule has 1 unspecified atom stereocenters. The fourth-order valence-corrected chi connectivity index (χ4v) is 2.88. The summed E-state index contributed by atoms with van der Waals surface area (Å²) < 4.78 is 5.89. The number of thiazole rings is 1. The third-order valence-electron chi connectivity index (χ3n) is 3.41. The fraction of sp³-hybridized carbons (Fsp3) is 0.824. The van der Waals surface area contributed by atoms with Gasteiger partial charge < -0.3 is 10.1 Å². The molecule has 1 N–H and O–H groups in total. The topological polar surface area (TPSA) is 34.1 Å². The number of unbranched alkanes of at least 4 members (excludes halogenated alkanes) is 3. The van der Waals surface area contributed by atoms with E-state index < -0.39 is 0 Å². The Morgan fingerprint density at radius 3 is 2.76 bits per heavy atom. The van der Waals surface area contributed by atoms with E-state index in [1.807, 2.05) is 0 Å². The molecule has 0 bridgehead atoms. The van der Waals surface area contributed by atoms with Gasteiger partial charge in [-0.2, -0.15) is 0 Å². The first-order valence-corrected chi connectivity index (χ1v) is 9.25. The maximum absolute atomic E-state index is 5.89. The summed E-state index contributed by atoms with van der Waals surface area (Å²) in [6.45, 7) is 11.4. The molecule has 0 spiro atoms. The fourth-order valence-electron chi connectivity index (χ4n) is 2.13. The Labute approximate surface area is 134 Å². The number of nitrogens with zero attached hydrogens (tertiary/aromatic N) is 1. The average molecular weight is 313 g/mol. The van der Waals surface area contributed by atoms with E-state index in [0.29, 0.717) is 18.6 Å². The maximum atomic E-state index is 5.89. The van der Waals surface area contributed by atoms with Crippen molar-refractivity contribution < 1.29 is 4.74 Å². The van der Waals surface area contributed by atoms with E-state index >= 15 is 0 Å². The zero-order chi connectivity index (χ0) is 15.5. The molecule has 0 aliphatic carbocycles. The van der Waals surface area contributed by atoms with Crippen LogP contribution in [0.25, 0.3) is 0 Å². The molecule has 0 radical (unpaired) electrons. The van der Waals surface area contributed by atoms with Crippen molar-refractivity contribution in [2.45, 2.75) is 79.1 Å². The van der Waals surface area contributed by atoms with Gasteiger partial charge in [0.25, 0.3) is 0 Å². The summed E-state index contributed by atoms with van der Waals surface area (Å²) in [5.41, 5.74) is 1.07. The summed E-state index contributed by atoms with van der Waals surface area (Å²) in [4.78, 5) is 4.62. The highest BCUT2D eigenvalue weighted by Crippen LogP contribution is 2.13. The van der Waals surface area contributed by atoms with Gasteiger partial charge in [-0.05, 0) is 25.8 Å². The molecule has 0 aliphatic rings. The lowest BCUT2D eigenvalue weighted by Crippen LogP contribution is -2.18. The van der Waals surface area contributed by atoms with Crippen molar-refractivity contribution in [2.24, 2.45) is 5.92 Å². The molecule has 0 amide bonds. The second-order valence-corrected chi connectivity index (χ2v) is 7.17. The average Bonchev–Trinajstić information content (AvgIpc) is 2.89. The molecular formula is C17H32N2OS. The first kappa shape index (κ1) is 18.6. The number of aromatic nitrogens is 1. The molecule has 21 heavy (non-hydrogen) atoms. The molecule has 0 saturated heterocycles. The number of rotatable bonds is 12. The van der Waals surface area contributed by atoms with Crippen LogP contribution in [0.3, 0.4) is 0 Å². The third-order valence-corrected chi connectivity index (χ3v) is 4.31. The van der Waals surface area contributed by atoms with Crippen LogP contribution >= 0.6 is 11.3 Å². The van der Waals surface area contributed by atoms with Gasteiger partial charge in [0.2, 0.25) is 0 Å². The Kier molecular flexibility index (Phi) is 9.89. The standard InChI is InChI=1S/C17H32N2OS/c1-5-6-7-8-9-15(4)20-12-16-13-21-17(19-16)11-18-10-14(2)3/h13-15,18H,5-12H2,1-4H3. The summed E-state index contributed by atoms with van der Waals surface area (Å²) in [6.07, 6.45) is 6.73. The molecule has 1 aromatic heterocycles. The van der Waals surface area contributed by atoms with Crippen LogP contribution in [0.1, 0.15) is 70.5 Å². The molecule has 0 fully saturated rings. The van der Waals surface area contributed by atoms with E-state index in [1.165, 1.54) is 25.7 Å². The molecule has 1 rings (SSSR count). The highest BCUT2D eigenvalue weighted by Gasteiger charge is 2.06. The normalized spacial score (nSPS) is 13.0. The van der Waals surface area contributed by atoms with Crippen molar-refractivity contribution in [3.05, 3.63) is 16.1 Å². The van der Waals surface area contributed by atoms with Crippen LogP contribution < -0.4 is 5.32 Å². The molecule has 0 aliphatic heterocycles. The van der Waals surface area contributed by atoms with Crippen molar-refractivity contribution in [3.63, 3.8) is 0 Å². The largest absolute Gasteiger partial charge is 0.372 e. The lowest BCUT2D eigenvalue weighted by atomic mass is 10.1. The van der Waals surface area contributed by atoms with E-state index in [0.717, 1.165) is 30.2 Å². The molecule has 3 nitrogen and oxygen atoms in total. The van der Waals surface area contributed by atoms with E-state index in [9.17, 15) is 0 Å². The predicted molar refractivity (Wildman–Crippen MR) is 91.7 cm³/mol. The van der Waals surface area contributed by atoms with Crippen LogP contribution in [-0.2, 0) is 17.9 Å². The van der Waals surface area contributed by atoms with Gasteiger partial charge in [0, 0.05) is 11.9 Å². The minimum Gasteiger partial charge on any atom is -0.372 e. The number of hydrogen-bond donors (Lipinski definition) is 1. The SMILES string of the molecule is CCCCCCC(C)OCc1csc(CNCC(C)C)n1. The van der Waals surface area contributed by atoms with Gasteiger partial charge in [0.05, 0.1) is 18.4 Å². The Morgan fingerprint density at radius 2 is 2.05 bits per heavy atom. The summed E-state index contributed by atoms with van der Waals surface area (Å²) in [7, 11) is 0. The van der Waals surface area contributed by atoms with Gasteiger partial charge in [0.15, 0.2) is 0 Å². The Hall–Kier alpha value is -0.450. The molecule has 4 heteroatoms. The Balaban J connectivity index is 2.15. The molecule has 122 valence electrons. The van der Waals surface area contributed by atoms with Gasteiger partial charge in [0.1, 0.15) is 5.01 Å². The minimum atomic E-state index is 0.339. The van der Waals surface area contributed by atoms with Crippen molar-refractivity contribution in [3.8, 4) is 0 Å². The summed E-state index contributed by atoms with van der Waals surface area (Å²) in [5, 5.41) is 6.70. The van der Waals surface area contributed by atoms with Crippen LogP contribution in [0.5, 0.6) is 0 Å². The van der Waals surface area contributed by atoms with Crippen LogP contribution in [0.15, 0.2) is 5.38 Å². The quantitative estimate of drug-likeness (QED) is 0.565. The second kappa shape index (κ2) is 11.2. The van der Waals surface area contributed by atoms with Gasteiger partial charge in [-0.25, -0.2) is 4.98 Å². The molecule has 0 saturated carbocycles. The monoisotopic (exact) mass is 312 g/mol. The zero-order valence-electron chi connectivity index (χ0n) is 14.2. The van der Waals surface area contributed by atoms with Crippen molar-refractivity contribution in [1.82, 2.24) is 10.3 Å². The lowest BCUT2D eigenvalue weighted by Gasteiger charge is -2.11. The Morgan fingerprint density at radius 1 is 1.24 bits per heavy atom. The molecular weight excluding hydrogens is 280 g/mol. The minimum absolute atomic E-state index is 0.339. The first-order chi connectivity index (χ1) is 10.1. The van der Waals surface area contributed by atoms with Crippen LogP contribution in [-0.4, -0.2) is 17.6 Å². The number of nitrogens with one attached hydrogen (secondary N) is 1. The van der Waals surface area contributed by atoms with Crippen molar-refractivity contribution in [1.29, 1.82) is 0 Å². The highest BCUT2D eigenvalue weighted by molar-refractivity contribution is 7.09. The van der Waals surface area contributed by atoms with Gasteiger partial charge in [-0.3, -0.25) is 0 Å². The predicted octanol–water partition coefficient (Wildman–Crippen LogP) is 4.76. The summed E-state index contributed by atoms with van der Waals surface area (Å²) in [5.74, 6) is 0.682. The number of ether oxygens (including phenoxy) is 1. The van der Waals surface area contributed by atoms with Gasteiger partial charge in [-0.15, -0.1) is 11.3 Å². The van der Waals surface area contributed by atoms with E-state index in [2.05, 4.69) is 43.4 Å². The maximum Gasteiger partial charge on any atom is 0.107 e. The van der Waals surface area contributed by atoms with Crippen LogP contribution in [0, 0.1) is 5.92 Å². The summed E-state index contributed by atoms with van der Waals surface area (Å²) in [6, 6.07) is 0. The molecule has 0 aromatic carbocycles. The van der Waals surface area contributed by atoms with Gasteiger partial charge >= 0.3 is 0 Å². The first-order valence-electron chi connectivity index (χ1n) is 8.37. The van der Waals surface area contributed by atoms with E-state index in [-0.39, 0.29) is 0 Å². The van der Waals surface area contributed by atoms with Crippen molar-refractivity contribution >= 4 is 11.3 Å². The van der Waals surface area contributed by atoms with Crippen LogP contribution in [0.4, 0.5) is 0 Å². The summed E-state index contributed by atoms with van der Waals surface area (Å²) >= 11 is 1.72. The van der Waals surface area contributed by atoms with Gasteiger partial charge in [-0.1, -0.05) is 46.5 Å². The van der Waals surface area contributed by atoms with Crippen LogP contribution in [0.2, 0.25) is 0 Å². The molecule has 1 aromatic rings. The second-order valence-electron chi connectivity index (χ2n) is 6.23. The third kappa shape index (κ3) is 9.22. The highest BCUT2D eigenvalue weighted by atomic mass is 32.1. The van der Waals surface area contributed by atoms with E-state index in [4.69, 9.17) is 4.74 Å². The smallest absolute Gasteiger partial charge is 0.107 e. The lowest BCUT2D eigenvalue weighted by molar-refractivity contribution is 0.0442.